The summed E-state index contributed by atoms with van der Waals surface area (Å²) in [5, 5.41) is 15.7. The zero-order valence-electron chi connectivity index (χ0n) is 14.1. The molecule has 0 aromatic carbocycles. The molecule has 0 aliphatic carbocycles. The van der Waals surface area contributed by atoms with Gasteiger partial charge in [-0.25, -0.2) is 0 Å². The summed E-state index contributed by atoms with van der Waals surface area (Å²) in [5.41, 5.74) is 0. The molecule has 1 fully saturated rings. The minimum absolute atomic E-state index is 0.189. The number of nitrogens with one attached hydrogen (secondary N) is 2. The lowest BCUT2D eigenvalue weighted by atomic mass is 10.0. The molecule has 2 atom stereocenters. The van der Waals surface area contributed by atoms with E-state index in [4.69, 9.17) is 5.11 Å². The van der Waals surface area contributed by atoms with Crippen LogP contribution in [0.2, 0.25) is 0 Å². The highest BCUT2D eigenvalue weighted by atomic mass is 16.3. The number of aliphatic hydroxyl groups excluding tert-OH is 1. The molecule has 5 heteroatoms. The van der Waals surface area contributed by atoms with Crippen LogP contribution in [0.4, 0.5) is 0 Å². The minimum Gasteiger partial charge on any atom is -0.396 e. The van der Waals surface area contributed by atoms with E-state index in [1.807, 2.05) is 6.92 Å². The zero-order valence-corrected chi connectivity index (χ0v) is 14.1. The van der Waals surface area contributed by atoms with Crippen LogP contribution in [0.3, 0.4) is 0 Å². The molecule has 5 nitrogen and oxygen atoms in total. The largest absolute Gasteiger partial charge is 0.396 e. The van der Waals surface area contributed by atoms with Gasteiger partial charge in [-0.15, -0.1) is 0 Å². The standard InChI is InChI=1S/C16H34N4O/c1-4-15-8-6-7-10-20(15)11-9-18-16(17-5-2)19-12-14(3)13-21/h14-15,21H,4-13H2,1-3H3,(H2,17,18,19). The van der Waals surface area contributed by atoms with Gasteiger partial charge < -0.3 is 15.7 Å². The summed E-state index contributed by atoms with van der Waals surface area (Å²) < 4.78 is 0. The Morgan fingerprint density at radius 2 is 2.14 bits per heavy atom. The number of aliphatic hydroxyl groups is 1. The Morgan fingerprint density at radius 3 is 2.81 bits per heavy atom. The number of guanidine groups is 1. The summed E-state index contributed by atoms with van der Waals surface area (Å²) in [6.45, 7) is 11.3. The molecule has 0 bridgehead atoms. The number of hydrogen-bond donors (Lipinski definition) is 3. The average molecular weight is 298 g/mol. The van der Waals surface area contributed by atoms with Crippen molar-refractivity contribution in [3.8, 4) is 0 Å². The van der Waals surface area contributed by atoms with Gasteiger partial charge in [0.15, 0.2) is 5.96 Å². The topological polar surface area (TPSA) is 59.9 Å². The highest BCUT2D eigenvalue weighted by molar-refractivity contribution is 5.79. The van der Waals surface area contributed by atoms with Crippen molar-refractivity contribution >= 4 is 5.96 Å². The van der Waals surface area contributed by atoms with Crippen molar-refractivity contribution in [1.29, 1.82) is 0 Å². The molecule has 0 aromatic rings. The fourth-order valence-corrected chi connectivity index (χ4v) is 2.78. The first-order valence-corrected chi connectivity index (χ1v) is 8.58. The molecule has 0 spiro atoms. The first-order chi connectivity index (χ1) is 10.2. The van der Waals surface area contributed by atoms with Gasteiger partial charge in [-0.2, -0.15) is 0 Å². The van der Waals surface area contributed by atoms with E-state index in [-0.39, 0.29) is 12.5 Å². The molecule has 1 aliphatic rings. The number of piperidine rings is 1. The highest BCUT2D eigenvalue weighted by Gasteiger charge is 2.19. The Hall–Kier alpha value is -0.810. The van der Waals surface area contributed by atoms with Gasteiger partial charge in [-0.05, 0) is 38.6 Å². The number of nitrogens with zero attached hydrogens (tertiary/aromatic N) is 2. The fraction of sp³-hybridized carbons (Fsp3) is 0.938. The van der Waals surface area contributed by atoms with Crippen LogP contribution in [0, 0.1) is 5.92 Å². The van der Waals surface area contributed by atoms with Crippen molar-refractivity contribution in [2.24, 2.45) is 10.9 Å². The fourth-order valence-electron chi connectivity index (χ4n) is 2.78. The van der Waals surface area contributed by atoms with Gasteiger partial charge in [0.25, 0.3) is 0 Å². The van der Waals surface area contributed by atoms with E-state index in [0.29, 0.717) is 6.54 Å². The maximum Gasteiger partial charge on any atom is 0.191 e. The summed E-state index contributed by atoms with van der Waals surface area (Å²) in [6.07, 6.45) is 5.31. The van der Waals surface area contributed by atoms with Crippen molar-refractivity contribution in [2.45, 2.75) is 52.5 Å². The van der Waals surface area contributed by atoms with Crippen molar-refractivity contribution in [3.63, 3.8) is 0 Å². The smallest absolute Gasteiger partial charge is 0.191 e. The summed E-state index contributed by atoms with van der Waals surface area (Å²) in [7, 11) is 0. The number of rotatable bonds is 8. The van der Waals surface area contributed by atoms with Gasteiger partial charge in [-0.3, -0.25) is 9.89 Å². The molecule has 3 N–H and O–H groups in total. The molecule has 0 saturated carbocycles. The monoisotopic (exact) mass is 298 g/mol. The van der Waals surface area contributed by atoms with Gasteiger partial charge in [0.1, 0.15) is 0 Å². The van der Waals surface area contributed by atoms with E-state index in [1.165, 1.54) is 32.2 Å². The predicted octanol–water partition coefficient (Wildman–Crippen LogP) is 1.43. The van der Waals surface area contributed by atoms with Crippen LogP contribution in [0.15, 0.2) is 4.99 Å². The normalized spacial score (nSPS) is 22.1. The zero-order chi connectivity index (χ0) is 15.5. The quantitative estimate of drug-likeness (QED) is 0.469. The van der Waals surface area contributed by atoms with Gasteiger partial charge in [0.05, 0.1) is 0 Å². The van der Waals surface area contributed by atoms with Crippen molar-refractivity contribution < 1.29 is 5.11 Å². The molecule has 1 rings (SSSR count). The predicted molar refractivity (Wildman–Crippen MR) is 89.7 cm³/mol. The van der Waals surface area contributed by atoms with Gasteiger partial charge in [0.2, 0.25) is 0 Å². The lowest BCUT2D eigenvalue weighted by Gasteiger charge is -2.35. The van der Waals surface area contributed by atoms with E-state index < -0.39 is 0 Å². The second kappa shape index (κ2) is 10.9. The van der Waals surface area contributed by atoms with E-state index >= 15 is 0 Å². The molecule has 124 valence electrons. The van der Waals surface area contributed by atoms with Crippen LogP contribution in [-0.2, 0) is 0 Å². The molecule has 2 unspecified atom stereocenters. The molecule has 0 radical (unpaired) electrons. The van der Waals surface area contributed by atoms with E-state index in [0.717, 1.165) is 31.6 Å². The lowest BCUT2D eigenvalue weighted by molar-refractivity contribution is 0.147. The maximum atomic E-state index is 9.06. The minimum atomic E-state index is 0.189. The van der Waals surface area contributed by atoms with Gasteiger partial charge >= 0.3 is 0 Å². The van der Waals surface area contributed by atoms with Crippen LogP contribution in [0.1, 0.15) is 46.5 Å². The van der Waals surface area contributed by atoms with Gasteiger partial charge in [0, 0.05) is 38.8 Å². The Morgan fingerprint density at radius 1 is 1.33 bits per heavy atom. The Bertz CT molecular complexity index is 296. The number of likely N-dealkylation sites (tertiary alicyclic amines) is 1. The molecule has 1 heterocycles. The molecule has 1 aliphatic heterocycles. The summed E-state index contributed by atoms with van der Waals surface area (Å²) >= 11 is 0. The Kier molecular flexibility index (Phi) is 9.42. The van der Waals surface area contributed by atoms with E-state index in [9.17, 15) is 0 Å². The molecule has 0 aromatic heterocycles. The second-order valence-electron chi connectivity index (χ2n) is 6.03. The third-order valence-electron chi connectivity index (χ3n) is 4.13. The number of aliphatic imine (C=N–C) groups is 1. The van der Waals surface area contributed by atoms with Gasteiger partial charge in [-0.1, -0.05) is 20.3 Å². The lowest BCUT2D eigenvalue weighted by Crippen LogP contribution is -2.46. The molecular weight excluding hydrogens is 264 g/mol. The van der Waals surface area contributed by atoms with E-state index in [2.05, 4.69) is 34.4 Å². The first-order valence-electron chi connectivity index (χ1n) is 8.58. The molecule has 1 saturated heterocycles. The molecular formula is C16H34N4O. The van der Waals surface area contributed by atoms with Crippen LogP contribution in [0.5, 0.6) is 0 Å². The van der Waals surface area contributed by atoms with E-state index in [1.54, 1.807) is 0 Å². The van der Waals surface area contributed by atoms with Crippen molar-refractivity contribution in [3.05, 3.63) is 0 Å². The third kappa shape index (κ3) is 7.14. The van der Waals surface area contributed by atoms with Crippen molar-refractivity contribution in [2.75, 3.05) is 39.3 Å². The highest BCUT2D eigenvalue weighted by Crippen LogP contribution is 2.18. The second-order valence-corrected chi connectivity index (χ2v) is 6.03. The summed E-state index contributed by atoms with van der Waals surface area (Å²) in [4.78, 5) is 7.13. The van der Waals surface area contributed by atoms with Crippen LogP contribution in [-0.4, -0.2) is 61.3 Å². The third-order valence-corrected chi connectivity index (χ3v) is 4.13. The van der Waals surface area contributed by atoms with Crippen LogP contribution in [0.25, 0.3) is 0 Å². The Balaban J connectivity index is 2.34. The Labute approximate surface area is 130 Å². The molecule has 0 amide bonds. The summed E-state index contributed by atoms with van der Waals surface area (Å²) in [6, 6.07) is 0.759. The average Bonchev–Trinajstić information content (AvgIpc) is 2.52. The number of hydrogen-bond acceptors (Lipinski definition) is 3. The summed E-state index contributed by atoms with van der Waals surface area (Å²) in [5.74, 6) is 1.08. The SMILES string of the molecule is CCNC(=NCC(C)CO)NCCN1CCCCC1CC. The molecule has 21 heavy (non-hydrogen) atoms. The van der Waals surface area contributed by atoms with Crippen molar-refractivity contribution in [1.82, 2.24) is 15.5 Å². The van der Waals surface area contributed by atoms with Crippen LogP contribution >= 0.6 is 0 Å². The maximum absolute atomic E-state index is 9.06. The van der Waals surface area contributed by atoms with Crippen LogP contribution < -0.4 is 10.6 Å². The first kappa shape index (κ1) is 18.2.